The van der Waals surface area contributed by atoms with Crippen molar-refractivity contribution in [3.05, 3.63) is 90.2 Å². The van der Waals surface area contributed by atoms with E-state index in [4.69, 9.17) is 28.7 Å². The van der Waals surface area contributed by atoms with Crippen molar-refractivity contribution in [3.8, 4) is 22.9 Å². The molecule has 1 fully saturated rings. The maximum absolute atomic E-state index is 13.8. The van der Waals surface area contributed by atoms with Gasteiger partial charge >= 0.3 is 17.6 Å². The van der Waals surface area contributed by atoms with Gasteiger partial charge in [-0.25, -0.2) is 14.6 Å². The van der Waals surface area contributed by atoms with Crippen LogP contribution in [0, 0.1) is 10.1 Å². The smallest absolute Gasteiger partial charge is 0.343 e. The number of esters is 1. The van der Waals surface area contributed by atoms with Crippen LogP contribution in [0.2, 0.25) is 0 Å². The topological polar surface area (TPSA) is 239 Å². The molecule has 8 rings (SSSR count). The van der Waals surface area contributed by atoms with Crippen LogP contribution in [-0.2, 0) is 62.0 Å². The molecule has 3 aliphatic heterocycles. The first-order valence-electron chi connectivity index (χ1n) is 16.8. The van der Waals surface area contributed by atoms with Crippen LogP contribution in [-0.4, -0.2) is 84.7 Å². The minimum absolute atomic E-state index is 0.0761. The van der Waals surface area contributed by atoms with Crippen LogP contribution < -0.4 is 15.0 Å². The zero-order chi connectivity index (χ0) is 37.5. The van der Waals surface area contributed by atoms with E-state index in [0.717, 1.165) is 34.9 Å². The Labute approximate surface area is 299 Å². The molecular weight excluding hydrogens is 698 g/mol. The first kappa shape index (κ1) is 34.6. The molecule has 2 aromatic carbocycles. The SMILES string of the molecule is CO[C@]1(C)C(=O)OCc2c1cc1n(c2=O)Cc2c-1nc1ccc(OCc3ccc(O[C@@H]4OC(C(=O)O)[C@@H](O)C(O)C4O)c([N+](=O)[O-])c3)c3c1c2CCC3. The molecule has 53 heavy (non-hydrogen) atoms. The number of cyclic esters (lactones) is 1. The highest BCUT2D eigenvalue weighted by Gasteiger charge is 2.49. The fourth-order valence-corrected chi connectivity index (χ4v) is 7.69. The summed E-state index contributed by atoms with van der Waals surface area (Å²) in [5, 5.41) is 52.6. The van der Waals surface area contributed by atoms with Crippen LogP contribution in [0.15, 0.2) is 41.2 Å². The number of hydrogen-bond donors (Lipinski definition) is 4. The van der Waals surface area contributed by atoms with Crippen molar-refractivity contribution in [1.29, 1.82) is 0 Å². The molecule has 276 valence electrons. The summed E-state index contributed by atoms with van der Waals surface area (Å²) >= 11 is 0. The highest BCUT2D eigenvalue weighted by atomic mass is 16.7. The number of methoxy groups -OCH3 is 1. The van der Waals surface area contributed by atoms with E-state index >= 15 is 0 Å². The number of rotatable bonds is 8. The van der Waals surface area contributed by atoms with Crippen molar-refractivity contribution in [1.82, 2.24) is 9.55 Å². The fourth-order valence-electron chi connectivity index (χ4n) is 7.69. The van der Waals surface area contributed by atoms with Gasteiger partial charge < -0.3 is 48.7 Å². The lowest BCUT2D eigenvalue weighted by atomic mass is 9.86. The van der Waals surface area contributed by atoms with Gasteiger partial charge in [0.2, 0.25) is 6.29 Å². The van der Waals surface area contributed by atoms with Crippen LogP contribution >= 0.6 is 0 Å². The normalized spacial score (nSPS) is 25.6. The number of carboxylic acids is 1. The molecule has 0 amide bonds. The molecule has 4 N–H and O–H groups in total. The number of ether oxygens (including phenoxy) is 5. The Balaban J connectivity index is 1.08. The van der Waals surface area contributed by atoms with E-state index in [-0.39, 0.29) is 24.5 Å². The lowest BCUT2D eigenvalue weighted by Gasteiger charge is -2.38. The van der Waals surface area contributed by atoms with E-state index < -0.39 is 58.9 Å². The van der Waals surface area contributed by atoms with Gasteiger partial charge in [0, 0.05) is 35.3 Å². The first-order valence-corrected chi connectivity index (χ1v) is 16.8. The van der Waals surface area contributed by atoms with E-state index in [1.807, 2.05) is 6.07 Å². The molecular formula is C36H33N3O14. The third-order valence-corrected chi connectivity index (χ3v) is 10.6. The second-order valence-corrected chi connectivity index (χ2v) is 13.5. The van der Waals surface area contributed by atoms with Crippen LogP contribution in [0.4, 0.5) is 5.69 Å². The van der Waals surface area contributed by atoms with Gasteiger partial charge in [-0.2, -0.15) is 0 Å². The number of aliphatic carboxylic acids is 1. The number of carbonyl (C=O) groups is 2. The minimum Gasteiger partial charge on any atom is -0.489 e. The Kier molecular flexibility index (Phi) is 8.23. The van der Waals surface area contributed by atoms with Crippen molar-refractivity contribution in [2.75, 3.05) is 7.11 Å². The summed E-state index contributed by atoms with van der Waals surface area (Å²) in [5.74, 6) is -2.00. The number of carboxylic acid groups (broad SMARTS) is 1. The largest absolute Gasteiger partial charge is 0.489 e. The van der Waals surface area contributed by atoms with Gasteiger partial charge in [-0.15, -0.1) is 0 Å². The number of nitro benzene ring substituents is 1. The third-order valence-electron chi connectivity index (χ3n) is 10.6. The number of aliphatic hydroxyl groups is 3. The van der Waals surface area contributed by atoms with Crippen molar-refractivity contribution in [2.45, 2.75) is 82.3 Å². The number of nitro groups is 1. The predicted molar refractivity (Wildman–Crippen MR) is 179 cm³/mol. The quantitative estimate of drug-likeness (QED) is 0.101. The number of aromatic nitrogens is 2. The summed E-state index contributed by atoms with van der Waals surface area (Å²) in [4.78, 5) is 54.2. The lowest BCUT2D eigenvalue weighted by molar-refractivity contribution is -0.387. The number of aliphatic hydroxyl groups excluding tert-OH is 3. The minimum atomic E-state index is -1.95. The number of carbonyl (C=O) groups excluding carboxylic acids is 1. The number of hydrogen-bond acceptors (Lipinski definition) is 14. The van der Waals surface area contributed by atoms with Crippen molar-refractivity contribution in [3.63, 3.8) is 0 Å². The molecule has 6 atom stereocenters. The van der Waals surface area contributed by atoms with Gasteiger partial charge in [-0.05, 0) is 61.6 Å². The van der Waals surface area contributed by atoms with Crippen LogP contribution in [0.25, 0.3) is 22.3 Å². The zero-order valence-corrected chi connectivity index (χ0v) is 28.3. The zero-order valence-electron chi connectivity index (χ0n) is 28.3. The average molecular weight is 732 g/mol. The molecule has 1 saturated heterocycles. The van der Waals surface area contributed by atoms with Gasteiger partial charge in [-0.1, -0.05) is 6.07 Å². The Morgan fingerprint density at radius 1 is 1.04 bits per heavy atom. The van der Waals surface area contributed by atoms with E-state index in [1.165, 1.54) is 25.3 Å². The second-order valence-electron chi connectivity index (χ2n) is 13.5. The number of benzene rings is 2. The van der Waals surface area contributed by atoms with Gasteiger partial charge in [-0.3, -0.25) is 14.9 Å². The summed E-state index contributed by atoms with van der Waals surface area (Å²) in [7, 11) is 1.40. The first-order chi connectivity index (χ1) is 25.3. The molecule has 17 nitrogen and oxygen atoms in total. The van der Waals surface area contributed by atoms with Gasteiger partial charge in [0.05, 0.1) is 33.9 Å². The van der Waals surface area contributed by atoms with Crippen molar-refractivity contribution in [2.24, 2.45) is 0 Å². The maximum Gasteiger partial charge on any atom is 0.343 e. The average Bonchev–Trinajstić information content (AvgIpc) is 3.52. The molecule has 1 aliphatic carbocycles. The second kappa shape index (κ2) is 12.6. The van der Waals surface area contributed by atoms with Crippen molar-refractivity contribution < 1.29 is 58.6 Å². The Morgan fingerprint density at radius 2 is 1.79 bits per heavy atom. The summed E-state index contributed by atoms with van der Waals surface area (Å²) in [6.45, 7) is 1.66. The van der Waals surface area contributed by atoms with Crippen LogP contribution in [0.5, 0.6) is 11.5 Å². The molecule has 5 heterocycles. The standard InChI is InChI=1S/C36H33N3O14/c1-36(49-2)20-11-23-27-18(12-38(23)32(43)19(20)14-51-35(36)46)16-4-3-5-17-24(9-7-21(37-27)26(16)17)50-13-15-6-8-25(22(10-15)39(47)48)52-34-30(42)28(40)29(41)31(53-34)33(44)45/h6-11,28-31,34,40-42H,3-5,12-14H2,1-2H3,(H,44,45)/t28?,29-,30?,31?,34+,36-/m0/s1. The number of nitrogens with zero attached hydrogens (tertiary/aromatic N) is 3. The fraction of sp³-hybridized carbons (Fsp3) is 0.389. The summed E-state index contributed by atoms with van der Waals surface area (Å²) in [6.07, 6.45) is -7.34. The molecule has 0 radical (unpaired) electrons. The van der Waals surface area contributed by atoms with E-state index in [9.17, 15) is 44.9 Å². The number of aryl methyl sites for hydroxylation is 2. The Morgan fingerprint density at radius 3 is 2.53 bits per heavy atom. The maximum atomic E-state index is 13.8. The highest BCUT2D eigenvalue weighted by Crippen LogP contribution is 2.44. The predicted octanol–water partition coefficient (Wildman–Crippen LogP) is 1.59. The molecule has 2 aromatic heterocycles. The molecule has 0 saturated carbocycles. The van der Waals surface area contributed by atoms with Gasteiger partial charge in [0.1, 0.15) is 37.3 Å². The van der Waals surface area contributed by atoms with E-state index in [0.29, 0.717) is 52.3 Å². The summed E-state index contributed by atoms with van der Waals surface area (Å²) < 4.78 is 29.3. The molecule has 3 unspecified atom stereocenters. The van der Waals surface area contributed by atoms with Crippen LogP contribution in [0.3, 0.4) is 0 Å². The lowest BCUT2D eigenvalue weighted by Crippen LogP contribution is -2.61. The monoisotopic (exact) mass is 731 g/mol. The molecule has 4 aliphatic rings. The summed E-state index contributed by atoms with van der Waals surface area (Å²) in [5.41, 5.74) is 3.84. The highest BCUT2D eigenvalue weighted by molar-refractivity contribution is 5.93. The number of fused-ring (bicyclic) bond motifs is 5. The molecule has 17 heteroatoms. The van der Waals surface area contributed by atoms with Gasteiger partial charge in [0.25, 0.3) is 5.56 Å². The third kappa shape index (κ3) is 5.34. The molecule has 4 aromatic rings. The molecule has 0 spiro atoms. The van der Waals surface area contributed by atoms with Crippen molar-refractivity contribution >= 4 is 28.5 Å². The molecule has 0 bridgehead atoms. The Hall–Kier alpha value is -5.46. The van der Waals surface area contributed by atoms with E-state index in [2.05, 4.69) is 0 Å². The summed E-state index contributed by atoms with van der Waals surface area (Å²) in [6, 6.07) is 9.35. The van der Waals surface area contributed by atoms with E-state index in [1.54, 1.807) is 23.6 Å². The number of pyridine rings is 2. The Bertz CT molecular complexity index is 2310. The van der Waals surface area contributed by atoms with Crippen LogP contribution in [0.1, 0.15) is 46.7 Å². The van der Waals surface area contributed by atoms with Gasteiger partial charge in [0.15, 0.2) is 17.5 Å².